The molecule has 0 bridgehead atoms. The summed E-state index contributed by atoms with van der Waals surface area (Å²) >= 11 is 12.8. The molecule has 162 valence electrons. The Kier molecular flexibility index (Phi) is 5.43. The van der Waals surface area contributed by atoms with Crippen LogP contribution in [0.15, 0.2) is 30.3 Å². The number of aromatic nitrogens is 3. The Morgan fingerprint density at radius 2 is 1.74 bits per heavy atom. The highest BCUT2D eigenvalue weighted by Gasteiger charge is 2.41. The number of nitrogens with zero attached hydrogens (tertiary/aromatic N) is 3. The summed E-state index contributed by atoms with van der Waals surface area (Å²) in [4.78, 5) is 0. The molecule has 2 aliphatic carbocycles. The average molecular weight is 460 g/mol. The lowest BCUT2D eigenvalue weighted by Crippen LogP contribution is -2.21. The number of halogens is 3. The Hall–Kier alpha value is -2.11. The summed E-state index contributed by atoms with van der Waals surface area (Å²) in [5.41, 5.74) is 2.75. The van der Waals surface area contributed by atoms with E-state index in [1.807, 2.05) is 30.5 Å². The molecule has 1 unspecified atom stereocenters. The van der Waals surface area contributed by atoms with Crippen molar-refractivity contribution in [3.05, 3.63) is 69.0 Å². The van der Waals surface area contributed by atoms with Crippen molar-refractivity contribution >= 4 is 23.2 Å². The number of aryl methyl sites for hydroxylation is 2. The van der Waals surface area contributed by atoms with Crippen LogP contribution >= 0.6 is 23.2 Å². The van der Waals surface area contributed by atoms with E-state index >= 15 is 4.39 Å². The van der Waals surface area contributed by atoms with E-state index in [0.29, 0.717) is 33.3 Å². The van der Waals surface area contributed by atoms with Crippen LogP contribution in [0.3, 0.4) is 0 Å². The van der Waals surface area contributed by atoms with Crippen LogP contribution < -0.4 is 4.74 Å². The number of hydrogen-bond donors (Lipinski definition) is 0. The SMILES string of the molecule is Cc1nnc(C)n1-c1ccc(O[C@@H]2c3cc(Cl)cc(Cl)c3CC2C2CCCC2)c(F)c1. The predicted molar refractivity (Wildman–Crippen MR) is 120 cm³/mol. The van der Waals surface area contributed by atoms with Crippen molar-refractivity contribution in [1.29, 1.82) is 0 Å². The second-order valence-corrected chi connectivity index (χ2v) is 9.49. The second kappa shape index (κ2) is 8.10. The molecule has 7 heteroatoms. The molecule has 2 atom stereocenters. The molecular weight excluding hydrogens is 436 g/mol. The van der Waals surface area contributed by atoms with E-state index in [2.05, 4.69) is 10.2 Å². The zero-order valence-electron chi connectivity index (χ0n) is 17.5. The van der Waals surface area contributed by atoms with Gasteiger partial charge in [-0.25, -0.2) is 4.39 Å². The largest absolute Gasteiger partial charge is 0.482 e. The van der Waals surface area contributed by atoms with Gasteiger partial charge in [-0.1, -0.05) is 48.9 Å². The lowest BCUT2D eigenvalue weighted by atomic mass is 9.86. The van der Waals surface area contributed by atoms with Crippen molar-refractivity contribution in [3.63, 3.8) is 0 Å². The van der Waals surface area contributed by atoms with Crippen LogP contribution in [0, 0.1) is 31.5 Å². The molecule has 0 amide bonds. The molecule has 4 nitrogen and oxygen atoms in total. The maximum Gasteiger partial charge on any atom is 0.167 e. The highest BCUT2D eigenvalue weighted by Crippen LogP contribution is 2.50. The van der Waals surface area contributed by atoms with Crippen molar-refractivity contribution in [2.24, 2.45) is 11.8 Å². The Bertz CT molecular complexity index is 1120. The predicted octanol–water partition coefficient (Wildman–Crippen LogP) is 6.81. The minimum atomic E-state index is -0.406. The summed E-state index contributed by atoms with van der Waals surface area (Å²) in [7, 11) is 0. The third-order valence-corrected chi connectivity index (χ3v) is 7.31. The van der Waals surface area contributed by atoms with Crippen molar-refractivity contribution in [2.45, 2.75) is 52.1 Å². The van der Waals surface area contributed by atoms with E-state index in [1.165, 1.54) is 31.7 Å². The summed E-state index contributed by atoms with van der Waals surface area (Å²) in [5.74, 6) is 2.08. The zero-order valence-corrected chi connectivity index (χ0v) is 19.0. The van der Waals surface area contributed by atoms with Crippen LogP contribution in [-0.4, -0.2) is 14.8 Å². The maximum absolute atomic E-state index is 15.2. The van der Waals surface area contributed by atoms with E-state index in [4.69, 9.17) is 27.9 Å². The molecule has 0 aliphatic heterocycles. The molecule has 0 spiro atoms. The number of ether oxygens (including phenoxy) is 1. The quantitative estimate of drug-likeness (QED) is 0.429. The summed E-state index contributed by atoms with van der Waals surface area (Å²) in [6.07, 6.45) is 5.42. The Morgan fingerprint density at radius 1 is 1.03 bits per heavy atom. The zero-order chi connectivity index (χ0) is 21.7. The third kappa shape index (κ3) is 3.72. The molecule has 2 aromatic carbocycles. The van der Waals surface area contributed by atoms with E-state index in [1.54, 1.807) is 12.1 Å². The van der Waals surface area contributed by atoms with Crippen molar-refractivity contribution in [2.75, 3.05) is 0 Å². The Morgan fingerprint density at radius 3 is 2.42 bits per heavy atom. The second-order valence-electron chi connectivity index (χ2n) is 8.65. The van der Waals surface area contributed by atoms with Crippen LogP contribution in [0.5, 0.6) is 5.75 Å². The van der Waals surface area contributed by atoms with Crippen LogP contribution in [-0.2, 0) is 6.42 Å². The van der Waals surface area contributed by atoms with E-state index < -0.39 is 5.82 Å². The lowest BCUT2D eigenvalue weighted by Gasteiger charge is -2.27. The normalized spacial score (nSPS) is 20.9. The molecule has 1 fully saturated rings. The fourth-order valence-corrected chi connectivity index (χ4v) is 5.91. The highest BCUT2D eigenvalue weighted by molar-refractivity contribution is 6.35. The first-order valence-electron chi connectivity index (χ1n) is 10.8. The molecule has 3 aromatic rings. The fraction of sp³-hybridized carbons (Fsp3) is 0.417. The van der Waals surface area contributed by atoms with Gasteiger partial charge >= 0.3 is 0 Å². The molecule has 2 aliphatic rings. The summed E-state index contributed by atoms with van der Waals surface area (Å²) < 4.78 is 23.4. The van der Waals surface area contributed by atoms with Gasteiger partial charge in [-0.3, -0.25) is 4.57 Å². The number of benzene rings is 2. The minimum Gasteiger partial charge on any atom is -0.482 e. The van der Waals surface area contributed by atoms with E-state index in [-0.39, 0.29) is 17.8 Å². The van der Waals surface area contributed by atoms with Gasteiger partial charge in [-0.2, -0.15) is 0 Å². The molecule has 0 saturated heterocycles. The molecule has 1 aromatic heterocycles. The number of fused-ring (bicyclic) bond motifs is 1. The topological polar surface area (TPSA) is 39.9 Å². The van der Waals surface area contributed by atoms with Gasteiger partial charge in [-0.05, 0) is 61.6 Å². The van der Waals surface area contributed by atoms with Crippen molar-refractivity contribution in [3.8, 4) is 11.4 Å². The first kappa shape index (κ1) is 20.8. The van der Waals surface area contributed by atoms with Crippen LogP contribution in [0.1, 0.15) is 54.6 Å². The van der Waals surface area contributed by atoms with Gasteiger partial charge in [0.2, 0.25) is 0 Å². The lowest BCUT2D eigenvalue weighted by molar-refractivity contribution is 0.106. The monoisotopic (exact) mass is 459 g/mol. The fourth-order valence-electron chi connectivity index (χ4n) is 5.32. The van der Waals surface area contributed by atoms with Gasteiger partial charge in [0.1, 0.15) is 17.8 Å². The minimum absolute atomic E-state index is 0.240. The Balaban J connectivity index is 1.50. The average Bonchev–Trinajstić information content (AvgIpc) is 3.44. The van der Waals surface area contributed by atoms with Gasteiger partial charge in [0.05, 0.1) is 5.69 Å². The van der Waals surface area contributed by atoms with Gasteiger partial charge in [0.25, 0.3) is 0 Å². The maximum atomic E-state index is 15.2. The van der Waals surface area contributed by atoms with Gasteiger partial charge in [0, 0.05) is 22.0 Å². The molecule has 0 radical (unpaired) electrons. The number of hydrogen-bond acceptors (Lipinski definition) is 3. The first-order valence-corrected chi connectivity index (χ1v) is 11.5. The highest BCUT2D eigenvalue weighted by atomic mass is 35.5. The molecular formula is C24H24Cl2FN3O. The molecule has 5 rings (SSSR count). The van der Waals surface area contributed by atoms with Crippen LogP contribution in [0.2, 0.25) is 10.0 Å². The molecule has 1 saturated carbocycles. The van der Waals surface area contributed by atoms with Crippen LogP contribution in [0.25, 0.3) is 5.69 Å². The first-order chi connectivity index (χ1) is 14.9. The molecule has 1 heterocycles. The Labute approximate surface area is 191 Å². The van der Waals surface area contributed by atoms with Gasteiger partial charge in [0.15, 0.2) is 11.6 Å². The van der Waals surface area contributed by atoms with E-state index in [9.17, 15) is 0 Å². The standard InChI is InChI=1S/C24H24Cl2FN3O/c1-13-28-29-14(2)30(13)17-7-8-23(22(27)11-17)31-24-18(15-5-3-4-6-15)12-19-20(24)9-16(25)10-21(19)26/h7-11,15,18,24H,3-6,12H2,1-2H3/t18?,24-/m0/s1. The smallest absolute Gasteiger partial charge is 0.167 e. The molecule has 0 N–H and O–H groups in total. The van der Waals surface area contributed by atoms with Gasteiger partial charge < -0.3 is 4.74 Å². The third-order valence-electron chi connectivity index (χ3n) is 6.75. The van der Waals surface area contributed by atoms with Gasteiger partial charge in [-0.15, -0.1) is 10.2 Å². The molecule has 31 heavy (non-hydrogen) atoms. The van der Waals surface area contributed by atoms with Crippen molar-refractivity contribution in [1.82, 2.24) is 14.8 Å². The summed E-state index contributed by atoms with van der Waals surface area (Å²) in [5, 5.41) is 9.37. The summed E-state index contributed by atoms with van der Waals surface area (Å²) in [6.45, 7) is 3.69. The summed E-state index contributed by atoms with van der Waals surface area (Å²) in [6, 6.07) is 8.73. The van der Waals surface area contributed by atoms with Crippen molar-refractivity contribution < 1.29 is 9.13 Å². The van der Waals surface area contributed by atoms with Crippen LogP contribution in [0.4, 0.5) is 4.39 Å². The number of rotatable bonds is 4. The van der Waals surface area contributed by atoms with E-state index in [0.717, 1.165) is 17.5 Å².